The van der Waals surface area contributed by atoms with Crippen LogP contribution in [0.2, 0.25) is 0 Å². The molecule has 1 aromatic carbocycles. The molecule has 1 saturated heterocycles. The maximum Gasteiger partial charge on any atom is 0.227 e. The van der Waals surface area contributed by atoms with Crippen molar-refractivity contribution in [2.75, 3.05) is 33.8 Å². The van der Waals surface area contributed by atoms with E-state index in [9.17, 15) is 9.18 Å². The molecule has 0 N–H and O–H groups in total. The van der Waals surface area contributed by atoms with Crippen molar-refractivity contribution >= 4 is 5.91 Å². The Morgan fingerprint density at radius 1 is 1.17 bits per heavy atom. The van der Waals surface area contributed by atoms with Crippen molar-refractivity contribution in [1.82, 2.24) is 14.8 Å². The monoisotopic (exact) mass is 399 g/mol. The van der Waals surface area contributed by atoms with E-state index in [1.807, 2.05) is 36.2 Å². The number of hydrogen-bond acceptors (Lipinski definition) is 4. The summed E-state index contributed by atoms with van der Waals surface area (Å²) in [5, 5.41) is 0. The number of carbonyl (C=O) groups excluding carboxylic acids is 1. The van der Waals surface area contributed by atoms with E-state index in [-0.39, 0.29) is 17.8 Å². The quantitative estimate of drug-likeness (QED) is 0.684. The van der Waals surface area contributed by atoms with Gasteiger partial charge in [-0.05, 0) is 48.6 Å². The molecule has 0 bridgehead atoms. The van der Waals surface area contributed by atoms with Gasteiger partial charge in [0.05, 0.1) is 18.7 Å². The number of carbonyl (C=O) groups is 1. The van der Waals surface area contributed by atoms with Crippen LogP contribution in [0.4, 0.5) is 4.39 Å². The molecule has 3 rings (SSSR count). The molecule has 6 heteroatoms. The lowest BCUT2D eigenvalue weighted by Gasteiger charge is -2.37. The number of methoxy groups -OCH3 is 1. The molecule has 156 valence electrons. The molecule has 1 fully saturated rings. The van der Waals surface area contributed by atoms with Crippen LogP contribution in [0, 0.1) is 5.82 Å². The predicted octanol–water partition coefficient (Wildman–Crippen LogP) is 3.08. The van der Waals surface area contributed by atoms with Crippen LogP contribution in [-0.4, -0.2) is 60.5 Å². The van der Waals surface area contributed by atoms with E-state index in [0.29, 0.717) is 13.0 Å². The first kappa shape index (κ1) is 21.4. The average molecular weight is 400 g/mol. The van der Waals surface area contributed by atoms with Crippen molar-refractivity contribution in [3.05, 3.63) is 65.2 Å². The summed E-state index contributed by atoms with van der Waals surface area (Å²) < 4.78 is 18.1. The third-order valence-corrected chi connectivity index (χ3v) is 5.66. The molecule has 2 aromatic rings. The van der Waals surface area contributed by atoms with E-state index >= 15 is 0 Å². The topological polar surface area (TPSA) is 45.7 Å². The van der Waals surface area contributed by atoms with Gasteiger partial charge in [-0.25, -0.2) is 4.39 Å². The summed E-state index contributed by atoms with van der Waals surface area (Å²) in [5.41, 5.74) is 2.95. The fourth-order valence-electron chi connectivity index (χ4n) is 3.76. The predicted molar refractivity (Wildman–Crippen MR) is 111 cm³/mol. The fraction of sp³-hybridized carbons (Fsp3) is 0.478. The Hall–Kier alpha value is -2.31. The van der Waals surface area contributed by atoms with Gasteiger partial charge in [-0.3, -0.25) is 9.78 Å². The van der Waals surface area contributed by atoms with Gasteiger partial charge in [0.2, 0.25) is 5.91 Å². The molecule has 0 saturated carbocycles. The normalized spacial score (nSPS) is 15.4. The van der Waals surface area contributed by atoms with Crippen LogP contribution >= 0.6 is 0 Å². The van der Waals surface area contributed by atoms with Crippen molar-refractivity contribution in [3.8, 4) is 0 Å². The van der Waals surface area contributed by atoms with Gasteiger partial charge >= 0.3 is 0 Å². The second-order valence-corrected chi connectivity index (χ2v) is 7.72. The summed E-state index contributed by atoms with van der Waals surface area (Å²) in [6, 6.07) is 10.9. The van der Waals surface area contributed by atoms with Crippen molar-refractivity contribution in [2.24, 2.45) is 0 Å². The number of likely N-dealkylation sites (tertiary alicyclic amines) is 1. The minimum Gasteiger partial charge on any atom is -0.378 e. The van der Waals surface area contributed by atoms with Gasteiger partial charge in [0.1, 0.15) is 5.82 Å². The summed E-state index contributed by atoms with van der Waals surface area (Å²) in [4.78, 5) is 21.3. The Bertz CT molecular complexity index is 772. The SMILES string of the molecule is COCc1ccc(CC(=O)N(C)C2CCN(CCc3ccc(F)cc3)CC2)cn1. The van der Waals surface area contributed by atoms with Crippen molar-refractivity contribution < 1.29 is 13.9 Å². The van der Waals surface area contributed by atoms with Gasteiger partial charge in [0, 0.05) is 46.0 Å². The van der Waals surface area contributed by atoms with Gasteiger partial charge in [-0.15, -0.1) is 0 Å². The van der Waals surface area contributed by atoms with Crippen LogP contribution < -0.4 is 0 Å². The molecule has 0 unspecified atom stereocenters. The molecule has 1 aromatic heterocycles. The molecule has 0 aliphatic carbocycles. The highest BCUT2D eigenvalue weighted by Crippen LogP contribution is 2.17. The summed E-state index contributed by atoms with van der Waals surface area (Å²) >= 11 is 0. The molecule has 0 spiro atoms. The second-order valence-electron chi connectivity index (χ2n) is 7.72. The summed E-state index contributed by atoms with van der Waals surface area (Å²) in [6.45, 7) is 3.41. The minimum absolute atomic E-state index is 0.135. The van der Waals surface area contributed by atoms with E-state index in [4.69, 9.17) is 4.74 Å². The average Bonchev–Trinajstić information content (AvgIpc) is 2.75. The Labute approximate surface area is 172 Å². The van der Waals surface area contributed by atoms with Gasteiger partial charge in [-0.1, -0.05) is 18.2 Å². The molecule has 5 nitrogen and oxygen atoms in total. The van der Waals surface area contributed by atoms with Gasteiger partial charge in [0.15, 0.2) is 0 Å². The van der Waals surface area contributed by atoms with E-state index < -0.39 is 0 Å². The van der Waals surface area contributed by atoms with Crippen LogP contribution in [0.15, 0.2) is 42.6 Å². The number of halogens is 1. The molecular formula is C23H30FN3O2. The Morgan fingerprint density at radius 3 is 2.48 bits per heavy atom. The van der Waals surface area contributed by atoms with Crippen LogP contribution in [-0.2, 0) is 29.0 Å². The molecular weight excluding hydrogens is 369 g/mol. The first-order chi connectivity index (χ1) is 14.0. The first-order valence-corrected chi connectivity index (χ1v) is 10.2. The molecule has 1 aliphatic heterocycles. The molecule has 29 heavy (non-hydrogen) atoms. The number of benzene rings is 1. The van der Waals surface area contributed by atoms with Gasteiger partial charge in [0.25, 0.3) is 0 Å². The lowest BCUT2D eigenvalue weighted by molar-refractivity contribution is -0.132. The van der Waals surface area contributed by atoms with Crippen LogP contribution in [0.25, 0.3) is 0 Å². The Morgan fingerprint density at radius 2 is 1.86 bits per heavy atom. The molecule has 0 radical (unpaired) electrons. The highest BCUT2D eigenvalue weighted by atomic mass is 19.1. The van der Waals surface area contributed by atoms with Crippen molar-refractivity contribution in [1.29, 1.82) is 0 Å². The Balaban J connectivity index is 1.42. The van der Waals surface area contributed by atoms with Crippen LogP contribution in [0.5, 0.6) is 0 Å². The van der Waals surface area contributed by atoms with E-state index in [1.165, 1.54) is 12.1 Å². The maximum absolute atomic E-state index is 13.0. The van der Waals surface area contributed by atoms with Gasteiger partial charge in [-0.2, -0.15) is 0 Å². The summed E-state index contributed by atoms with van der Waals surface area (Å²) in [5.74, 6) is -0.0555. The largest absolute Gasteiger partial charge is 0.378 e. The van der Waals surface area contributed by atoms with Crippen molar-refractivity contribution in [3.63, 3.8) is 0 Å². The zero-order valence-electron chi connectivity index (χ0n) is 17.3. The van der Waals surface area contributed by atoms with Crippen molar-refractivity contribution in [2.45, 2.75) is 38.3 Å². The first-order valence-electron chi connectivity index (χ1n) is 10.2. The third kappa shape index (κ3) is 6.34. The number of likely N-dealkylation sites (N-methyl/N-ethyl adjacent to an activating group) is 1. The maximum atomic E-state index is 13.0. The molecule has 1 aliphatic rings. The zero-order chi connectivity index (χ0) is 20.6. The standard InChI is InChI=1S/C23H30FN3O2/c1-26(23(28)15-19-5-8-21(17-29-2)25-16-19)22-10-13-27(14-11-22)12-9-18-3-6-20(24)7-4-18/h3-8,16,22H,9-15,17H2,1-2H3. The second kappa shape index (κ2) is 10.5. The minimum atomic E-state index is -0.191. The molecule has 1 amide bonds. The molecule has 0 atom stereocenters. The highest BCUT2D eigenvalue weighted by molar-refractivity contribution is 5.78. The zero-order valence-corrected chi connectivity index (χ0v) is 17.3. The summed E-state index contributed by atoms with van der Waals surface area (Å²) in [6.07, 6.45) is 5.03. The van der Waals surface area contributed by atoms with Crippen LogP contribution in [0.3, 0.4) is 0 Å². The number of aromatic nitrogens is 1. The van der Waals surface area contributed by atoms with Crippen LogP contribution in [0.1, 0.15) is 29.7 Å². The third-order valence-electron chi connectivity index (χ3n) is 5.66. The lowest BCUT2D eigenvalue weighted by atomic mass is 10.0. The number of pyridine rings is 1. The Kier molecular flexibility index (Phi) is 7.72. The van der Waals surface area contributed by atoms with E-state index in [0.717, 1.165) is 55.7 Å². The number of piperidine rings is 1. The number of hydrogen-bond donors (Lipinski definition) is 0. The lowest BCUT2D eigenvalue weighted by Crippen LogP contribution is -2.46. The smallest absolute Gasteiger partial charge is 0.227 e. The number of ether oxygens (including phenoxy) is 1. The number of rotatable bonds is 8. The molecule has 2 heterocycles. The number of amides is 1. The summed E-state index contributed by atoms with van der Waals surface area (Å²) in [7, 11) is 3.55. The van der Waals surface area contributed by atoms with Gasteiger partial charge < -0.3 is 14.5 Å². The number of nitrogens with zero attached hydrogens (tertiary/aromatic N) is 3. The van der Waals surface area contributed by atoms with E-state index in [1.54, 1.807) is 13.3 Å². The fourth-order valence-corrected chi connectivity index (χ4v) is 3.76. The van der Waals surface area contributed by atoms with E-state index in [2.05, 4.69) is 9.88 Å². The highest BCUT2D eigenvalue weighted by Gasteiger charge is 2.25.